The van der Waals surface area contributed by atoms with Gasteiger partial charge in [-0.15, -0.1) is 0 Å². The van der Waals surface area contributed by atoms with Crippen molar-refractivity contribution in [2.75, 3.05) is 4.90 Å². The monoisotopic (exact) mass is 859 g/mol. The van der Waals surface area contributed by atoms with Gasteiger partial charge in [-0.3, -0.25) is 0 Å². The minimum Gasteiger partial charge on any atom is -0.309 e. The van der Waals surface area contributed by atoms with Gasteiger partial charge < -0.3 is 4.90 Å². The van der Waals surface area contributed by atoms with Crippen LogP contribution >= 0.6 is 0 Å². The first-order valence-electron chi connectivity index (χ1n) is 24.2. The van der Waals surface area contributed by atoms with E-state index in [1.807, 2.05) is 0 Å². The van der Waals surface area contributed by atoms with Gasteiger partial charge >= 0.3 is 0 Å². The smallest absolute Gasteiger partial charge is 0.0540 e. The van der Waals surface area contributed by atoms with Crippen LogP contribution in [-0.4, -0.2) is 0 Å². The first kappa shape index (κ1) is 40.7. The lowest BCUT2D eigenvalue weighted by Gasteiger charge is -2.31. The van der Waals surface area contributed by atoms with E-state index < -0.39 is 0 Å². The fourth-order valence-corrected chi connectivity index (χ4v) is 11.7. The highest BCUT2D eigenvalue weighted by Gasteiger charge is 2.41. The van der Waals surface area contributed by atoms with Gasteiger partial charge in [-0.05, 0) is 134 Å². The highest BCUT2D eigenvalue weighted by atomic mass is 15.1. The minimum absolute atomic E-state index is 0.262. The molecular weight excluding hydrogens is 807 g/mol. The molecule has 1 saturated carbocycles. The first-order chi connectivity index (χ1) is 33.1. The zero-order chi connectivity index (χ0) is 44.7. The standard InChI is InChI=1S/C66H53N/c1-66(52-29-12-5-13-30-52)60-36-16-14-32-58(60)65-55(34-20-37-61(65)66)49-39-42-53(43-40-49)67(63-44-41-51(46-21-6-2-7-22-46)45-59(63)48-25-10-4-11-26-48)62-38-17-15-31-56(62)57-35-19-28-50-27-18-33-54(64(50)57)47-23-8-3-9-24-47/h2,4-7,10-22,25-45,47H,3,8-9,23-24H2,1H3. The molecule has 2 aliphatic carbocycles. The van der Waals surface area contributed by atoms with Crippen LogP contribution in [-0.2, 0) is 5.41 Å². The average molecular weight is 860 g/mol. The molecule has 322 valence electrons. The molecular formula is C66H53N. The van der Waals surface area contributed by atoms with Crippen LogP contribution in [0.3, 0.4) is 0 Å². The summed E-state index contributed by atoms with van der Waals surface area (Å²) >= 11 is 0. The van der Waals surface area contributed by atoms with Gasteiger partial charge in [0.2, 0.25) is 0 Å². The van der Waals surface area contributed by atoms with E-state index in [0.29, 0.717) is 5.92 Å². The van der Waals surface area contributed by atoms with Crippen LogP contribution in [0, 0.1) is 0 Å². The molecule has 12 rings (SSSR count). The van der Waals surface area contributed by atoms with Crippen LogP contribution in [0.25, 0.3) is 66.4 Å². The molecule has 1 fully saturated rings. The van der Waals surface area contributed by atoms with Gasteiger partial charge in [-0.25, -0.2) is 0 Å². The highest BCUT2D eigenvalue weighted by Crippen LogP contribution is 2.55. The maximum absolute atomic E-state index is 2.52. The molecule has 0 aliphatic heterocycles. The summed E-state index contributed by atoms with van der Waals surface area (Å²) < 4.78 is 0. The summed E-state index contributed by atoms with van der Waals surface area (Å²) in [5, 5.41) is 2.70. The van der Waals surface area contributed by atoms with E-state index in [2.05, 4.69) is 248 Å². The molecule has 0 N–H and O–H groups in total. The molecule has 10 aromatic rings. The fourth-order valence-electron chi connectivity index (χ4n) is 11.7. The van der Waals surface area contributed by atoms with Gasteiger partial charge in [0.05, 0.1) is 11.4 Å². The molecule has 1 nitrogen and oxygen atoms in total. The van der Waals surface area contributed by atoms with Crippen LogP contribution in [0.2, 0.25) is 0 Å². The second-order valence-corrected chi connectivity index (χ2v) is 18.7. The van der Waals surface area contributed by atoms with E-state index in [1.54, 1.807) is 0 Å². The number of para-hydroxylation sites is 1. The number of nitrogens with zero attached hydrogens (tertiary/aromatic N) is 1. The van der Waals surface area contributed by atoms with E-state index in [1.165, 1.54) is 121 Å². The molecule has 10 aromatic carbocycles. The summed E-state index contributed by atoms with van der Waals surface area (Å²) in [6.45, 7) is 2.40. The van der Waals surface area contributed by atoms with E-state index in [0.717, 1.165) is 17.1 Å². The third-order valence-electron chi connectivity index (χ3n) is 15.0. The molecule has 0 amide bonds. The molecule has 0 bridgehead atoms. The normalized spacial score (nSPS) is 15.5. The van der Waals surface area contributed by atoms with E-state index >= 15 is 0 Å². The zero-order valence-electron chi connectivity index (χ0n) is 38.1. The second kappa shape index (κ2) is 17.2. The van der Waals surface area contributed by atoms with Gasteiger partial charge in [0, 0.05) is 22.2 Å². The maximum atomic E-state index is 2.52. The summed E-state index contributed by atoms with van der Waals surface area (Å²) in [4.78, 5) is 2.52. The van der Waals surface area contributed by atoms with Crippen molar-refractivity contribution in [3.63, 3.8) is 0 Å². The third-order valence-corrected chi connectivity index (χ3v) is 15.0. The summed E-state index contributed by atoms with van der Waals surface area (Å²) in [5.74, 6) is 0.571. The molecule has 0 spiro atoms. The largest absolute Gasteiger partial charge is 0.309 e. The molecule has 0 saturated heterocycles. The number of hydrogen-bond acceptors (Lipinski definition) is 1. The number of hydrogen-bond donors (Lipinski definition) is 0. The number of rotatable bonds is 9. The van der Waals surface area contributed by atoms with Gasteiger partial charge in [-0.1, -0.05) is 226 Å². The molecule has 2 aliphatic rings. The Kier molecular flexibility index (Phi) is 10.5. The van der Waals surface area contributed by atoms with Crippen molar-refractivity contribution >= 4 is 27.8 Å². The predicted molar refractivity (Wildman–Crippen MR) is 284 cm³/mol. The van der Waals surface area contributed by atoms with Gasteiger partial charge in [0.1, 0.15) is 0 Å². The number of benzene rings is 10. The highest BCUT2D eigenvalue weighted by molar-refractivity contribution is 6.04. The van der Waals surface area contributed by atoms with Crippen molar-refractivity contribution in [2.24, 2.45) is 0 Å². The van der Waals surface area contributed by atoms with E-state index in [4.69, 9.17) is 0 Å². The Morgan fingerprint density at radius 2 is 0.940 bits per heavy atom. The van der Waals surface area contributed by atoms with Crippen LogP contribution in [0.5, 0.6) is 0 Å². The first-order valence-corrected chi connectivity index (χ1v) is 24.2. The SMILES string of the molecule is CC1(c2ccccc2)c2ccccc2-c2c(-c3ccc(N(c4ccc(-c5ccccc5)cc4-c4ccccc4)c4ccccc4-c4cccc5cccc(C6CCCCC6)c45)cc3)cccc21. The molecule has 0 radical (unpaired) electrons. The minimum atomic E-state index is -0.262. The lowest BCUT2D eigenvalue weighted by molar-refractivity contribution is 0.445. The van der Waals surface area contributed by atoms with Crippen molar-refractivity contribution in [1.29, 1.82) is 0 Å². The lowest BCUT2D eigenvalue weighted by atomic mass is 9.74. The second-order valence-electron chi connectivity index (χ2n) is 18.7. The average Bonchev–Trinajstić information content (AvgIpc) is 3.68. The molecule has 0 heterocycles. The molecule has 0 aromatic heterocycles. The topological polar surface area (TPSA) is 3.24 Å². The van der Waals surface area contributed by atoms with Gasteiger partial charge in [-0.2, -0.15) is 0 Å². The Labute approximate surface area is 395 Å². The van der Waals surface area contributed by atoms with Crippen molar-refractivity contribution in [3.05, 3.63) is 259 Å². The Morgan fingerprint density at radius 3 is 1.70 bits per heavy atom. The van der Waals surface area contributed by atoms with Crippen molar-refractivity contribution < 1.29 is 0 Å². The zero-order valence-corrected chi connectivity index (χ0v) is 38.1. The lowest BCUT2D eigenvalue weighted by Crippen LogP contribution is -2.22. The Bertz CT molecular complexity index is 3380. The Hall–Kier alpha value is -7.74. The Balaban J connectivity index is 1.06. The third kappa shape index (κ3) is 7.09. The summed E-state index contributed by atoms with van der Waals surface area (Å²) in [7, 11) is 0. The van der Waals surface area contributed by atoms with Crippen molar-refractivity contribution in [3.8, 4) is 55.6 Å². The molecule has 67 heavy (non-hydrogen) atoms. The summed E-state index contributed by atoms with van der Waals surface area (Å²) in [6.07, 6.45) is 6.45. The van der Waals surface area contributed by atoms with Crippen LogP contribution in [0.15, 0.2) is 237 Å². The molecule has 1 atom stereocenters. The maximum Gasteiger partial charge on any atom is 0.0540 e. The molecule has 1 unspecified atom stereocenters. The number of fused-ring (bicyclic) bond motifs is 4. The van der Waals surface area contributed by atoms with Gasteiger partial charge in [0.25, 0.3) is 0 Å². The van der Waals surface area contributed by atoms with E-state index in [9.17, 15) is 0 Å². The summed E-state index contributed by atoms with van der Waals surface area (Å²) in [6, 6.07) is 88.1. The van der Waals surface area contributed by atoms with Crippen molar-refractivity contribution in [1.82, 2.24) is 0 Å². The predicted octanol–water partition coefficient (Wildman–Crippen LogP) is 18.4. The molecule has 1 heteroatoms. The van der Waals surface area contributed by atoms with Crippen molar-refractivity contribution in [2.45, 2.75) is 50.4 Å². The quantitative estimate of drug-likeness (QED) is 0.140. The fraction of sp³-hybridized carbons (Fsp3) is 0.121. The summed E-state index contributed by atoms with van der Waals surface area (Å²) in [5.41, 5.74) is 21.0. The van der Waals surface area contributed by atoms with E-state index in [-0.39, 0.29) is 5.41 Å². The number of anilines is 3. The Morgan fingerprint density at radius 1 is 0.388 bits per heavy atom. The van der Waals surface area contributed by atoms with Crippen LogP contribution < -0.4 is 4.90 Å². The van der Waals surface area contributed by atoms with Gasteiger partial charge in [0.15, 0.2) is 0 Å². The van der Waals surface area contributed by atoms with Crippen LogP contribution in [0.4, 0.5) is 17.1 Å². The van der Waals surface area contributed by atoms with Crippen LogP contribution in [0.1, 0.15) is 67.2 Å².